The van der Waals surface area contributed by atoms with Gasteiger partial charge in [0.25, 0.3) is 0 Å². The Morgan fingerprint density at radius 3 is 2.41 bits per heavy atom. The maximum atomic E-state index is 11.3. The second kappa shape index (κ2) is 12.9. The number of nitrogens with two attached hydrogens (primary N) is 1. The van der Waals surface area contributed by atoms with Gasteiger partial charge in [-0.15, -0.1) is 0 Å². The third kappa shape index (κ3) is 8.20. The molecular weight excluding hydrogens is 376 g/mol. The highest BCUT2D eigenvalue weighted by molar-refractivity contribution is 5.83. The smallest absolute Gasteiger partial charge is 0.330 e. The van der Waals surface area contributed by atoms with Crippen molar-refractivity contribution in [2.45, 2.75) is 18.9 Å². The molecule has 162 valence electrons. The number of nitrogens with zero attached hydrogens (tertiary/aromatic N) is 2. The summed E-state index contributed by atoms with van der Waals surface area (Å²) in [6.07, 6.45) is 3.05. The second-order valence-corrected chi connectivity index (χ2v) is 6.42. The molecule has 4 N–H and O–H groups in total. The lowest BCUT2D eigenvalue weighted by Crippen LogP contribution is -2.66. The summed E-state index contributed by atoms with van der Waals surface area (Å²) in [5.41, 5.74) is 6.32. The normalized spacial score (nSPS) is 22.3. The van der Waals surface area contributed by atoms with Crippen molar-refractivity contribution in [2.75, 3.05) is 39.5 Å². The van der Waals surface area contributed by atoms with E-state index in [0.29, 0.717) is 38.4 Å². The molecule has 0 aromatic rings. The van der Waals surface area contributed by atoms with Crippen molar-refractivity contribution in [3.05, 3.63) is 50.3 Å². The Balaban J connectivity index is 2.75. The van der Waals surface area contributed by atoms with Gasteiger partial charge in [-0.1, -0.05) is 26.3 Å². The number of hydrogen-bond donors (Lipinski definition) is 3. The number of nitrogens with one attached hydrogen (secondary N) is 1. The molecule has 1 saturated heterocycles. The lowest BCUT2D eigenvalue weighted by molar-refractivity contribution is -0.161. The minimum atomic E-state index is -0.820. The van der Waals surface area contributed by atoms with E-state index in [9.17, 15) is 9.90 Å². The summed E-state index contributed by atoms with van der Waals surface area (Å²) in [6, 6.07) is 0. The number of aliphatic hydroxyl groups is 1. The van der Waals surface area contributed by atoms with Crippen LogP contribution in [-0.4, -0.2) is 78.7 Å². The van der Waals surface area contributed by atoms with Gasteiger partial charge in [0.1, 0.15) is 31.5 Å². The summed E-state index contributed by atoms with van der Waals surface area (Å²) in [5, 5.41) is 18.3. The van der Waals surface area contributed by atoms with Crippen LogP contribution in [0.5, 0.6) is 0 Å². The van der Waals surface area contributed by atoms with Crippen molar-refractivity contribution in [1.29, 1.82) is 5.41 Å². The van der Waals surface area contributed by atoms with Gasteiger partial charge in [-0.05, 0) is 18.6 Å². The molecule has 0 radical (unpaired) electrons. The molecule has 0 spiro atoms. The molecule has 1 aliphatic heterocycles. The van der Waals surface area contributed by atoms with Gasteiger partial charge in [0.15, 0.2) is 0 Å². The van der Waals surface area contributed by atoms with Gasteiger partial charge < -0.3 is 25.1 Å². The lowest BCUT2D eigenvalue weighted by atomic mass is 9.99. The van der Waals surface area contributed by atoms with Crippen molar-refractivity contribution < 1.29 is 24.1 Å². The molecule has 29 heavy (non-hydrogen) atoms. The van der Waals surface area contributed by atoms with Gasteiger partial charge in [-0.2, -0.15) is 0 Å². The van der Waals surface area contributed by atoms with Crippen molar-refractivity contribution in [2.24, 2.45) is 11.7 Å². The highest BCUT2D eigenvalue weighted by Crippen LogP contribution is 2.24. The van der Waals surface area contributed by atoms with Gasteiger partial charge in [-0.25, -0.2) is 9.69 Å². The van der Waals surface area contributed by atoms with Crippen molar-refractivity contribution in [3.8, 4) is 0 Å². The molecule has 9 heteroatoms. The third-order valence-electron chi connectivity index (χ3n) is 4.53. The quantitative estimate of drug-likeness (QED) is 0.102. The summed E-state index contributed by atoms with van der Waals surface area (Å²) < 4.78 is 15.7. The Morgan fingerprint density at radius 2 is 1.79 bits per heavy atom. The van der Waals surface area contributed by atoms with Gasteiger partial charge in [-0.3, -0.25) is 10.3 Å². The Bertz CT molecular complexity index is 572. The first-order valence-corrected chi connectivity index (χ1v) is 9.34. The predicted molar refractivity (Wildman–Crippen MR) is 111 cm³/mol. The van der Waals surface area contributed by atoms with Gasteiger partial charge in [0, 0.05) is 31.6 Å². The van der Waals surface area contributed by atoms with E-state index in [1.54, 1.807) is 4.90 Å². The summed E-state index contributed by atoms with van der Waals surface area (Å²) in [7, 11) is 0. The lowest BCUT2D eigenvalue weighted by Gasteiger charge is -2.48. The molecule has 3 atom stereocenters. The first kappa shape index (κ1) is 24.6. The molecule has 0 amide bonds. The molecule has 9 nitrogen and oxygen atoms in total. The third-order valence-corrected chi connectivity index (χ3v) is 4.53. The molecule has 1 fully saturated rings. The molecule has 0 aromatic carbocycles. The van der Waals surface area contributed by atoms with Crippen molar-refractivity contribution >= 4 is 11.9 Å². The highest BCUT2D eigenvalue weighted by atomic mass is 16.5. The monoisotopic (exact) mass is 408 g/mol. The predicted octanol–water partition coefficient (Wildman–Crippen LogP) is 0.796. The molecule has 0 bridgehead atoms. The Kier molecular flexibility index (Phi) is 10.9. The van der Waals surface area contributed by atoms with Crippen LogP contribution in [0.3, 0.4) is 0 Å². The number of ether oxygens (including phenoxy) is 3. The minimum Gasteiger partial charge on any atom is -0.494 e. The molecule has 0 aromatic heterocycles. The number of esters is 1. The highest BCUT2D eigenvalue weighted by Gasteiger charge is 2.38. The molecular formula is C20H32N4O5. The van der Waals surface area contributed by atoms with E-state index in [-0.39, 0.29) is 25.0 Å². The number of hydrogen-bond acceptors (Lipinski definition) is 9. The fraction of sp³-hybridized carbons (Fsp3) is 0.500. The molecule has 0 aliphatic carbocycles. The van der Waals surface area contributed by atoms with E-state index in [1.807, 2.05) is 4.90 Å². The van der Waals surface area contributed by atoms with Gasteiger partial charge in [0.05, 0.1) is 6.61 Å². The SMILES string of the molecule is C=CC(=C)OCCC1CN(CCOC(=O)C=C)C(N)N(CCOC(=N)C=C)C1O. The maximum Gasteiger partial charge on any atom is 0.330 e. The van der Waals surface area contributed by atoms with Gasteiger partial charge in [0.2, 0.25) is 5.90 Å². The van der Waals surface area contributed by atoms with Crippen LogP contribution in [0.15, 0.2) is 50.3 Å². The standard InChI is InChI=1S/C20H32N4O5/c1-5-15(4)27-11-8-16-14-23(9-12-29-18(25)7-3)20(22)24(19(16)26)10-13-28-17(21)6-2/h5-7,16,19-21,26H,1-4,8-14,22H2. The molecule has 0 saturated carbocycles. The number of rotatable bonds is 13. The van der Waals surface area contributed by atoms with E-state index in [2.05, 4.69) is 26.3 Å². The van der Waals surface area contributed by atoms with Crippen LogP contribution in [0.2, 0.25) is 0 Å². The molecule has 1 rings (SSSR count). The van der Waals surface area contributed by atoms with Crippen LogP contribution >= 0.6 is 0 Å². The van der Waals surface area contributed by atoms with E-state index in [0.717, 1.165) is 6.08 Å². The zero-order valence-electron chi connectivity index (χ0n) is 16.8. The fourth-order valence-corrected chi connectivity index (χ4v) is 2.91. The number of allylic oxidation sites excluding steroid dienone is 1. The Labute approximate surface area is 172 Å². The Morgan fingerprint density at radius 1 is 1.10 bits per heavy atom. The first-order valence-electron chi connectivity index (χ1n) is 9.34. The summed E-state index contributed by atoms with van der Waals surface area (Å²) in [6.45, 7) is 16.0. The average molecular weight is 408 g/mol. The number of carbonyl (C=O) groups is 1. The van der Waals surface area contributed by atoms with Crippen LogP contribution in [0.1, 0.15) is 6.42 Å². The first-order chi connectivity index (χ1) is 13.8. The van der Waals surface area contributed by atoms with Crippen LogP contribution in [0, 0.1) is 11.3 Å². The summed E-state index contributed by atoms with van der Waals surface area (Å²) in [5.74, 6) is -0.252. The number of aliphatic hydroxyl groups excluding tert-OH is 1. The molecule has 3 unspecified atom stereocenters. The summed E-state index contributed by atoms with van der Waals surface area (Å²) >= 11 is 0. The average Bonchev–Trinajstić information content (AvgIpc) is 2.72. The van der Waals surface area contributed by atoms with Crippen LogP contribution in [-0.2, 0) is 19.0 Å². The molecule has 1 aliphatic rings. The second-order valence-electron chi connectivity index (χ2n) is 6.42. The van der Waals surface area contributed by atoms with Crippen LogP contribution < -0.4 is 5.73 Å². The topological polar surface area (TPSA) is 121 Å². The number of carbonyl (C=O) groups excluding carboxylic acids is 1. The summed E-state index contributed by atoms with van der Waals surface area (Å²) in [4.78, 5) is 14.9. The molecule has 1 heterocycles. The van der Waals surface area contributed by atoms with Crippen LogP contribution in [0.25, 0.3) is 0 Å². The maximum absolute atomic E-state index is 11.3. The van der Waals surface area contributed by atoms with Crippen molar-refractivity contribution in [1.82, 2.24) is 9.80 Å². The van der Waals surface area contributed by atoms with Crippen molar-refractivity contribution in [3.63, 3.8) is 0 Å². The van der Waals surface area contributed by atoms with Gasteiger partial charge >= 0.3 is 5.97 Å². The van der Waals surface area contributed by atoms with E-state index < -0.39 is 18.5 Å². The van der Waals surface area contributed by atoms with E-state index >= 15 is 0 Å². The fourth-order valence-electron chi connectivity index (χ4n) is 2.91. The van der Waals surface area contributed by atoms with Crippen LogP contribution in [0.4, 0.5) is 0 Å². The Hall–Kier alpha value is -2.46. The van der Waals surface area contributed by atoms with E-state index in [4.69, 9.17) is 25.4 Å². The minimum absolute atomic E-state index is 0.0499. The zero-order valence-corrected chi connectivity index (χ0v) is 16.8. The van der Waals surface area contributed by atoms with E-state index in [1.165, 1.54) is 12.2 Å². The zero-order chi connectivity index (χ0) is 21.8. The largest absolute Gasteiger partial charge is 0.494 e.